The SMILES string of the molecule is CCC1CN(c2cc(Cl)ccc2C)CCN1. The highest BCUT2D eigenvalue weighted by atomic mass is 35.5. The van der Waals surface area contributed by atoms with Crippen LogP contribution in [0.25, 0.3) is 0 Å². The number of halogens is 1. The number of nitrogens with zero attached hydrogens (tertiary/aromatic N) is 1. The van der Waals surface area contributed by atoms with E-state index in [9.17, 15) is 0 Å². The zero-order valence-corrected chi connectivity index (χ0v) is 10.7. The predicted octanol–water partition coefficient (Wildman–Crippen LogP) is 2.84. The van der Waals surface area contributed by atoms with E-state index >= 15 is 0 Å². The minimum absolute atomic E-state index is 0.604. The van der Waals surface area contributed by atoms with E-state index in [0.29, 0.717) is 6.04 Å². The van der Waals surface area contributed by atoms with E-state index in [-0.39, 0.29) is 0 Å². The van der Waals surface area contributed by atoms with Crippen LogP contribution in [-0.2, 0) is 0 Å². The van der Waals surface area contributed by atoms with Gasteiger partial charge in [0.25, 0.3) is 0 Å². The van der Waals surface area contributed by atoms with Gasteiger partial charge >= 0.3 is 0 Å². The number of nitrogens with one attached hydrogen (secondary N) is 1. The molecule has 3 heteroatoms. The van der Waals surface area contributed by atoms with Gasteiger partial charge in [0.05, 0.1) is 0 Å². The minimum Gasteiger partial charge on any atom is -0.368 e. The molecule has 0 bridgehead atoms. The lowest BCUT2D eigenvalue weighted by molar-refractivity contribution is 0.446. The Labute approximate surface area is 103 Å². The summed E-state index contributed by atoms with van der Waals surface area (Å²) in [5.74, 6) is 0. The quantitative estimate of drug-likeness (QED) is 0.853. The number of anilines is 1. The van der Waals surface area contributed by atoms with Gasteiger partial charge in [0, 0.05) is 36.4 Å². The molecule has 1 atom stereocenters. The van der Waals surface area contributed by atoms with E-state index in [1.807, 2.05) is 6.07 Å². The topological polar surface area (TPSA) is 15.3 Å². The Balaban J connectivity index is 2.19. The molecule has 1 fully saturated rings. The molecule has 1 unspecified atom stereocenters. The molecule has 2 nitrogen and oxygen atoms in total. The number of aryl methyl sites for hydroxylation is 1. The molecule has 88 valence electrons. The van der Waals surface area contributed by atoms with E-state index in [0.717, 1.165) is 24.7 Å². The van der Waals surface area contributed by atoms with Crippen LogP contribution in [0, 0.1) is 6.92 Å². The van der Waals surface area contributed by atoms with Gasteiger partial charge in [-0.25, -0.2) is 0 Å². The average Bonchev–Trinajstić information content (AvgIpc) is 2.32. The Hall–Kier alpha value is -0.730. The zero-order chi connectivity index (χ0) is 11.5. The van der Waals surface area contributed by atoms with Crippen molar-refractivity contribution in [3.8, 4) is 0 Å². The maximum absolute atomic E-state index is 6.06. The van der Waals surface area contributed by atoms with Crippen LogP contribution in [0.3, 0.4) is 0 Å². The summed E-state index contributed by atoms with van der Waals surface area (Å²) in [6.45, 7) is 7.58. The largest absolute Gasteiger partial charge is 0.368 e. The Bertz CT molecular complexity index is 365. The van der Waals surface area contributed by atoms with E-state index in [2.05, 4.69) is 36.2 Å². The van der Waals surface area contributed by atoms with Crippen LogP contribution in [0.2, 0.25) is 5.02 Å². The standard InChI is InChI=1S/C13H19ClN2/c1-3-12-9-16(7-6-15-12)13-8-11(14)5-4-10(13)2/h4-5,8,12,15H,3,6-7,9H2,1-2H3. The number of rotatable bonds is 2. The summed E-state index contributed by atoms with van der Waals surface area (Å²) in [6, 6.07) is 6.74. The van der Waals surface area contributed by atoms with Crippen LogP contribution in [0.15, 0.2) is 18.2 Å². The number of piperazine rings is 1. The molecule has 0 radical (unpaired) electrons. The van der Waals surface area contributed by atoms with Crippen molar-refractivity contribution in [3.05, 3.63) is 28.8 Å². The highest BCUT2D eigenvalue weighted by Gasteiger charge is 2.19. The second-order valence-corrected chi connectivity index (χ2v) is 4.87. The Morgan fingerprint density at radius 2 is 2.31 bits per heavy atom. The molecule has 1 aliphatic rings. The maximum atomic E-state index is 6.06. The van der Waals surface area contributed by atoms with Crippen LogP contribution in [-0.4, -0.2) is 25.7 Å². The molecule has 0 spiro atoms. The number of benzene rings is 1. The first-order valence-electron chi connectivity index (χ1n) is 5.95. The lowest BCUT2D eigenvalue weighted by Crippen LogP contribution is -2.50. The van der Waals surface area contributed by atoms with Crippen molar-refractivity contribution in [1.82, 2.24) is 5.32 Å². The first-order chi connectivity index (χ1) is 7.70. The smallest absolute Gasteiger partial charge is 0.0426 e. The molecular formula is C13H19ClN2. The molecule has 0 saturated carbocycles. The fourth-order valence-corrected chi connectivity index (χ4v) is 2.41. The molecule has 0 aliphatic carbocycles. The highest BCUT2D eigenvalue weighted by Crippen LogP contribution is 2.25. The van der Waals surface area contributed by atoms with Crippen LogP contribution in [0.5, 0.6) is 0 Å². The van der Waals surface area contributed by atoms with Gasteiger partial charge in [-0.15, -0.1) is 0 Å². The summed E-state index contributed by atoms with van der Waals surface area (Å²) in [5, 5.41) is 4.35. The second-order valence-electron chi connectivity index (χ2n) is 4.44. The molecule has 1 aromatic carbocycles. The normalized spacial score (nSPS) is 21.2. The lowest BCUT2D eigenvalue weighted by atomic mass is 10.1. The van der Waals surface area contributed by atoms with Gasteiger partial charge in [-0.2, -0.15) is 0 Å². The molecule has 1 aliphatic heterocycles. The van der Waals surface area contributed by atoms with Gasteiger partial charge in [0.1, 0.15) is 0 Å². The maximum Gasteiger partial charge on any atom is 0.0426 e. The molecule has 1 heterocycles. The summed E-state index contributed by atoms with van der Waals surface area (Å²) < 4.78 is 0. The summed E-state index contributed by atoms with van der Waals surface area (Å²) in [5.41, 5.74) is 2.59. The second kappa shape index (κ2) is 5.07. The Morgan fingerprint density at radius 1 is 1.50 bits per heavy atom. The molecule has 1 aromatic rings. The highest BCUT2D eigenvalue weighted by molar-refractivity contribution is 6.30. The summed E-state index contributed by atoms with van der Waals surface area (Å²) in [4.78, 5) is 2.44. The molecule has 2 rings (SSSR count). The van der Waals surface area contributed by atoms with Crippen molar-refractivity contribution >= 4 is 17.3 Å². The van der Waals surface area contributed by atoms with Crippen molar-refractivity contribution < 1.29 is 0 Å². The van der Waals surface area contributed by atoms with Gasteiger partial charge in [-0.1, -0.05) is 24.6 Å². The molecule has 1 N–H and O–H groups in total. The van der Waals surface area contributed by atoms with E-state index < -0.39 is 0 Å². The van der Waals surface area contributed by atoms with Gasteiger partial charge < -0.3 is 10.2 Å². The fraction of sp³-hybridized carbons (Fsp3) is 0.538. The summed E-state index contributed by atoms with van der Waals surface area (Å²) >= 11 is 6.06. The molecule has 1 saturated heterocycles. The van der Waals surface area contributed by atoms with E-state index in [4.69, 9.17) is 11.6 Å². The van der Waals surface area contributed by atoms with Gasteiger partial charge in [-0.05, 0) is 31.0 Å². The minimum atomic E-state index is 0.604. The van der Waals surface area contributed by atoms with Crippen molar-refractivity contribution in [2.24, 2.45) is 0 Å². The summed E-state index contributed by atoms with van der Waals surface area (Å²) in [7, 11) is 0. The molecule has 0 aromatic heterocycles. The van der Waals surface area contributed by atoms with Crippen molar-refractivity contribution in [2.75, 3.05) is 24.5 Å². The first kappa shape index (κ1) is 11.7. The molecule has 0 amide bonds. The third kappa shape index (κ3) is 2.50. The van der Waals surface area contributed by atoms with Crippen molar-refractivity contribution in [2.45, 2.75) is 26.3 Å². The lowest BCUT2D eigenvalue weighted by Gasteiger charge is -2.35. The number of hydrogen-bond acceptors (Lipinski definition) is 2. The third-order valence-electron chi connectivity index (χ3n) is 3.26. The van der Waals surface area contributed by atoms with Gasteiger partial charge in [-0.3, -0.25) is 0 Å². The molecular weight excluding hydrogens is 220 g/mol. The predicted molar refractivity (Wildman–Crippen MR) is 70.5 cm³/mol. The average molecular weight is 239 g/mol. The van der Waals surface area contributed by atoms with Crippen LogP contribution < -0.4 is 10.2 Å². The molecule has 16 heavy (non-hydrogen) atoms. The van der Waals surface area contributed by atoms with Crippen LogP contribution in [0.4, 0.5) is 5.69 Å². The Kier molecular flexibility index (Phi) is 3.72. The summed E-state index contributed by atoms with van der Waals surface area (Å²) in [6.07, 6.45) is 1.18. The fourth-order valence-electron chi connectivity index (χ4n) is 2.24. The zero-order valence-electron chi connectivity index (χ0n) is 9.96. The van der Waals surface area contributed by atoms with Crippen molar-refractivity contribution in [3.63, 3.8) is 0 Å². The van der Waals surface area contributed by atoms with Crippen molar-refractivity contribution in [1.29, 1.82) is 0 Å². The third-order valence-corrected chi connectivity index (χ3v) is 3.50. The Morgan fingerprint density at radius 3 is 3.06 bits per heavy atom. The monoisotopic (exact) mass is 238 g/mol. The van der Waals surface area contributed by atoms with Gasteiger partial charge in [0.2, 0.25) is 0 Å². The van der Waals surface area contributed by atoms with Gasteiger partial charge in [0.15, 0.2) is 0 Å². The van der Waals surface area contributed by atoms with E-state index in [1.165, 1.54) is 17.7 Å². The van der Waals surface area contributed by atoms with Crippen LogP contribution in [0.1, 0.15) is 18.9 Å². The number of hydrogen-bond donors (Lipinski definition) is 1. The first-order valence-corrected chi connectivity index (χ1v) is 6.33. The van der Waals surface area contributed by atoms with Crippen LogP contribution >= 0.6 is 11.6 Å². The van der Waals surface area contributed by atoms with E-state index in [1.54, 1.807) is 0 Å².